The normalized spacial score (nSPS) is 12.6. The van der Waals surface area contributed by atoms with Gasteiger partial charge in [0.25, 0.3) is 0 Å². The molecule has 0 radical (unpaired) electrons. The van der Waals surface area contributed by atoms with Crippen LogP contribution in [0.3, 0.4) is 0 Å². The lowest BCUT2D eigenvalue weighted by atomic mass is 10.1. The maximum Gasteiger partial charge on any atom is 0.417 e. The van der Waals surface area contributed by atoms with E-state index in [0.717, 1.165) is 12.1 Å². The second-order valence-corrected chi connectivity index (χ2v) is 6.88. The Balaban J connectivity index is 1.96. The lowest BCUT2D eigenvalue weighted by molar-refractivity contribution is -0.137. The third kappa shape index (κ3) is 3.97. The van der Waals surface area contributed by atoms with Crippen LogP contribution in [0.5, 0.6) is 11.6 Å². The van der Waals surface area contributed by atoms with Crippen LogP contribution in [0.15, 0.2) is 41.3 Å². The summed E-state index contributed by atoms with van der Waals surface area (Å²) in [4.78, 5) is 16.1. The van der Waals surface area contributed by atoms with E-state index in [0.29, 0.717) is 23.0 Å². The molecule has 144 valence electrons. The van der Waals surface area contributed by atoms with Crippen molar-refractivity contribution in [3.05, 3.63) is 52.6 Å². The van der Waals surface area contributed by atoms with Crippen molar-refractivity contribution in [2.24, 2.45) is 7.05 Å². The first-order chi connectivity index (χ1) is 12.5. The van der Waals surface area contributed by atoms with Gasteiger partial charge in [-0.3, -0.25) is 9.13 Å². The molecule has 0 saturated heterocycles. The van der Waals surface area contributed by atoms with Gasteiger partial charge in [-0.15, -0.1) is 0 Å². The van der Waals surface area contributed by atoms with Crippen LogP contribution in [0.2, 0.25) is 0 Å². The van der Waals surface area contributed by atoms with E-state index in [9.17, 15) is 23.1 Å². The molecular weight excluding hydrogens is 363 g/mol. The maximum absolute atomic E-state index is 12.6. The minimum atomic E-state index is -4.47. The fraction of sp³-hybridized carbons (Fsp3) is 0.333. The summed E-state index contributed by atoms with van der Waals surface area (Å²) in [6, 6.07) is 6.85. The number of benzene rings is 1. The van der Waals surface area contributed by atoms with Gasteiger partial charge in [-0.25, -0.2) is 9.78 Å². The topological polar surface area (TPSA) is 69.3 Å². The van der Waals surface area contributed by atoms with Crippen molar-refractivity contribution in [3.63, 3.8) is 0 Å². The van der Waals surface area contributed by atoms with E-state index in [-0.39, 0.29) is 18.1 Å². The molecule has 2 aromatic heterocycles. The maximum atomic E-state index is 12.6. The van der Waals surface area contributed by atoms with E-state index in [1.54, 1.807) is 39.1 Å². The number of aliphatic hydroxyl groups is 1. The molecule has 1 N–H and O–H groups in total. The molecule has 0 bridgehead atoms. The summed E-state index contributed by atoms with van der Waals surface area (Å²) in [7, 11) is 1.61. The molecule has 0 spiro atoms. The largest absolute Gasteiger partial charge is 0.439 e. The second-order valence-electron chi connectivity index (χ2n) is 6.88. The van der Waals surface area contributed by atoms with Crippen molar-refractivity contribution in [2.75, 3.05) is 0 Å². The summed E-state index contributed by atoms with van der Waals surface area (Å²) in [5.74, 6) is 0.305. The summed E-state index contributed by atoms with van der Waals surface area (Å²) in [5, 5.41) is 10.1. The van der Waals surface area contributed by atoms with Crippen molar-refractivity contribution >= 4 is 11.0 Å². The molecule has 27 heavy (non-hydrogen) atoms. The van der Waals surface area contributed by atoms with E-state index >= 15 is 0 Å². The van der Waals surface area contributed by atoms with Gasteiger partial charge in [0.05, 0.1) is 28.7 Å². The number of nitrogens with zero attached hydrogens (tertiary/aromatic N) is 3. The molecule has 0 aliphatic heterocycles. The first-order valence-corrected chi connectivity index (χ1v) is 8.08. The molecule has 1 aromatic carbocycles. The molecule has 0 fully saturated rings. The van der Waals surface area contributed by atoms with Gasteiger partial charge >= 0.3 is 11.9 Å². The zero-order chi connectivity index (χ0) is 20.0. The SMILES string of the molecule is Cn1c(=O)n(CC(C)(C)O)c2cc(Oc3ccc(C(F)(F)F)cn3)ccc21. The molecule has 9 heteroatoms. The van der Waals surface area contributed by atoms with E-state index < -0.39 is 17.3 Å². The molecule has 3 aromatic rings. The van der Waals surface area contributed by atoms with Crippen molar-refractivity contribution in [1.29, 1.82) is 0 Å². The summed E-state index contributed by atoms with van der Waals surface area (Å²) >= 11 is 0. The Morgan fingerprint density at radius 3 is 2.41 bits per heavy atom. The Morgan fingerprint density at radius 1 is 1.15 bits per heavy atom. The zero-order valence-corrected chi connectivity index (χ0v) is 14.9. The Kier molecular flexibility index (Phi) is 4.51. The molecule has 0 atom stereocenters. The number of hydrogen-bond donors (Lipinski definition) is 1. The average Bonchev–Trinajstić information content (AvgIpc) is 2.78. The van der Waals surface area contributed by atoms with Gasteiger partial charge in [-0.1, -0.05) is 0 Å². The third-order valence-corrected chi connectivity index (χ3v) is 3.95. The molecule has 3 rings (SSSR count). The van der Waals surface area contributed by atoms with Crippen LogP contribution in [-0.4, -0.2) is 24.8 Å². The van der Waals surface area contributed by atoms with Gasteiger partial charge in [0, 0.05) is 25.4 Å². The van der Waals surface area contributed by atoms with Crippen molar-refractivity contribution in [1.82, 2.24) is 14.1 Å². The van der Waals surface area contributed by atoms with Crippen molar-refractivity contribution in [2.45, 2.75) is 32.2 Å². The van der Waals surface area contributed by atoms with Crippen molar-refractivity contribution < 1.29 is 23.0 Å². The highest BCUT2D eigenvalue weighted by Crippen LogP contribution is 2.30. The number of alkyl halides is 3. The number of aryl methyl sites for hydroxylation is 1. The quantitative estimate of drug-likeness (QED) is 0.753. The fourth-order valence-corrected chi connectivity index (χ4v) is 2.72. The lowest BCUT2D eigenvalue weighted by Gasteiger charge is -2.17. The third-order valence-electron chi connectivity index (χ3n) is 3.95. The number of imidazole rings is 1. The standard InChI is InChI=1S/C18H18F3N3O3/c1-17(2,26)10-24-14-8-12(5-6-13(14)23(3)16(24)25)27-15-7-4-11(9-22-15)18(19,20)21/h4-9,26H,10H2,1-3H3. The number of hydrogen-bond acceptors (Lipinski definition) is 4. The number of halogens is 3. The minimum Gasteiger partial charge on any atom is -0.439 e. The van der Waals surface area contributed by atoms with E-state index in [4.69, 9.17) is 4.74 Å². The van der Waals surface area contributed by atoms with Crippen molar-refractivity contribution in [3.8, 4) is 11.6 Å². The Labute approximate surface area is 152 Å². The van der Waals surface area contributed by atoms with Crippen LogP contribution in [0.25, 0.3) is 11.0 Å². The van der Waals surface area contributed by atoms with Crippen LogP contribution in [0.1, 0.15) is 19.4 Å². The van der Waals surface area contributed by atoms with E-state index in [1.165, 1.54) is 9.13 Å². The number of pyridine rings is 1. The molecule has 0 aliphatic rings. The van der Waals surface area contributed by atoms with Crippen LogP contribution >= 0.6 is 0 Å². The zero-order valence-electron chi connectivity index (χ0n) is 14.9. The smallest absolute Gasteiger partial charge is 0.417 e. The van der Waals surface area contributed by atoms with Gasteiger partial charge in [0.15, 0.2) is 0 Å². The molecule has 6 nitrogen and oxygen atoms in total. The number of rotatable bonds is 4. The van der Waals surface area contributed by atoms with Crippen LogP contribution < -0.4 is 10.4 Å². The number of ether oxygens (including phenoxy) is 1. The Morgan fingerprint density at radius 2 is 1.85 bits per heavy atom. The van der Waals surface area contributed by atoms with Gasteiger partial charge in [0.1, 0.15) is 5.75 Å². The molecule has 0 aliphatic carbocycles. The molecule has 0 unspecified atom stereocenters. The van der Waals surface area contributed by atoms with Gasteiger partial charge < -0.3 is 9.84 Å². The predicted molar refractivity (Wildman–Crippen MR) is 92.8 cm³/mol. The Hall–Kier alpha value is -2.81. The second kappa shape index (κ2) is 6.41. The number of fused-ring (bicyclic) bond motifs is 1. The highest BCUT2D eigenvalue weighted by atomic mass is 19.4. The van der Waals surface area contributed by atoms with E-state index in [2.05, 4.69) is 4.98 Å². The fourth-order valence-electron chi connectivity index (χ4n) is 2.72. The van der Waals surface area contributed by atoms with Crippen LogP contribution in [0, 0.1) is 0 Å². The Bertz CT molecular complexity index is 1030. The highest BCUT2D eigenvalue weighted by Gasteiger charge is 2.30. The first-order valence-electron chi connectivity index (χ1n) is 8.08. The van der Waals surface area contributed by atoms with Gasteiger partial charge in [0.2, 0.25) is 5.88 Å². The molecular formula is C18H18F3N3O3. The predicted octanol–water partition coefficient (Wildman–Crippen LogP) is 3.32. The molecule has 2 heterocycles. The first kappa shape index (κ1) is 19.0. The minimum absolute atomic E-state index is 0.00494. The summed E-state index contributed by atoms with van der Waals surface area (Å²) in [5.41, 5.74) is -1.10. The van der Waals surface area contributed by atoms with Crippen LogP contribution in [0.4, 0.5) is 13.2 Å². The highest BCUT2D eigenvalue weighted by molar-refractivity contribution is 5.78. The lowest BCUT2D eigenvalue weighted by Crippen LogP contribution is -2.33. The molecule has 0 amide bonds. The van der Waals surface area contributed by atoms with Gasteiger partial charge in [-0.05, 0) is 32.0 Å². The average molecular weight is 381 g/mol. The van der Waals surface area contributed by atoms with E-state index in [1.807, 2.05) is 0 Å². The molecule has 0 saturated carbocycles. The van der Waals surface area contributed by atoms with Crippen LogP contribution in [-0.2, 0) is 19.8 Å². The summed E-state index contributed by atoms with van der Waals surface area (Å²) < 4.78 is 46.2. The summed E-state index contributed by atoms with van der Waals surface area (Å²) in [6.45, 7) is 3.25. The van der Waals surface area contributed by atoms with Gasteiger partial charge in [-0.2, -0.15) is 13.2 Å². The summed E-state index contributed by atoms with van der Waals surface area (Å²) in [6.07, 6.45) is -3.78. The number of aromatic nitrogens is 3. The monoisotopic (exact) mass is 381 g/mol.